The first kappa shape index (κ1) is 41.3. The SMILES string of the molecule is CC1(C)[C@@H](O)CC[C@]2(C)[C@H]3C(=O)C=C4[C@@H]5C[C@@](C)(C(=O)O)CC[C@]5(C)CC[C@@]4(C)[C@]3(C)CC[C@@]12C.COc1ccc2cc3[n+](cc2c1OC)CCc1cc2c(cc1-3)OCO2. The van der Waals surface area contributed by atoms with Crippen molar-refractivity contribution in [2.75, 3.05) is 21.0 Å². The smallest absolute Gasteiger partial charge is 0.309 e. The summed E-state index contributed by atoms with van der Waals surface area (Å²) in [6.45, 7) is 19.4. The number of carbonyl (C=O) groups is 2. The molecule has 0 amide bonds. The van der Waals surface area contributed by atoms with Gasteiger partial charge in [-0.1, -0.05) is 54.0 Å². The van der Waals surface area contributed by atoms with Crippen LogP contribution in [0.15, 0.2) is 48.2 Å². The molecule has 9 nitrogen and oxygen atoms in total. The third-order valence-corrected chi connectivity index (χ3v) is 19.2. The van der Waals surface area contributed by atoms with Gasteiger partial charge in [0.15, 0.2) is 41.5 Å². The van der Waals surface area contributed by atoms with E-state index in [-0.39, 0.29) is 56.2 Å². The number of allylic oxidation sites excluding steroid dienone is 2. The van der Waals surface area contributed by atoms with Crippen molar-refractivity contribution in [3.63, 3.8) is 0 Å². The molecule has 0 radical (unpaired) electrons. The van der Waals surface area contributed by atoms with Gasteiger partial charge in [0, 0.05) is 18.4 Å². The monoisotopic (exact) mass is 820 g/mol. The van der Waals surface area contributed by atoms with E-state index in [4.69, 9.17) is 18.9 Å². The number of aliphatic hydroxyl groups is 1. The summed E-state index contributed by atoms with van der Waals surface area (Å²) < 4.78 is 24.4. The van der Waals surface area contributed by atoms with Gasteiger partial charge in [0.1, 0.15) is 0 Å². The number of aromatic nitrogens is 1. The van der Waals surface area contributed by atoms with E-state index in [0.29, 0.717) is 13.2 Å². The highest BCUT2D eigenvalue weighted by molar-refractivity contribution is 5.96. The molecule has 0 spiro atoms. The van der Waals surface area contributed by atoms with Gasteiger partial charge in [0.05, 0.1) is 36.7 Å². The van der Waals surface area contributed by atoms with Crippen LogP contribution in [0.5, 0.6) is 23.0 Å². The zero-order valence-electron chi connectivity index (χ0n) is 37.5. The third-order valence-electron chi connectivity index (χ3n) is 19.2. The van der Waals surface area contributed by atoms with Gasteiger partial charge in [-0.05, 0) is 144 Å². The number of aryl methyl sites for hydroxylation is 2. The lowest BCUT2D eigenvalue weighted by Crippen LogP contribution is -2.70. The van der Waals surface area contributed by atoms with Crippen LogP contribution in [0.25, 0.3) is 22.0 Å². The predicted molar refractivity (Wildman–Crippen MR) is 230 cm³/mol. The standard InChI is InChI=1S/C31H48O4.C20H18NO4/c1-25(2)22(33)9-10-30(7)23-21(32)17-19-20-18-27(4,24(34)35)12-11-26(20,3)13-14-28(19,5)29(23,6)15-16-31(25,30)8;1-22-17-4-3-12-7-16-14-9-19-18(24-11-25-19)8-13(14)5-6-21(16)10-15(12)20(17)23-2/h17,20,22-23,33H,9-16,18H2,1-8H3,(H,34,35);3-4,7-10H,5-6,11H2,1-2H3/q;+1/t20-,22-,23-,26+,27-,28+,29+,30+,31-;/m0./s1. The largest absolute Gasteiger partial charge is 0.493 e. The number of ether oxygens (including phenoxy) is 4. The first-order valence-corrected chi connectivity index (χ1v) is 22.4. The van der Waals surface area contributed by atoms with Crippen LogP contribution in [-0.4, -0.2) is 49.1 Å². The highest BCUT2D eigenvalue weighted by atomic mass is 16.7. The van der Waals surface area contributed by atoms with Crippen LogP contribution in [-0.2, 0) is 22.6 Å². The second kappa shape index (κ2) is 13.4. The molecule has 7 aliphatic rings. The van der Waals surface area contributed by atoms with Crippen molar-refractivity contribution in [3.05, 3.63) is 53.7 Å². The van der Waals surface area contributed by atoms with Crippen molar-refractivity contribution in [1.82, 2.24) is 0 Å². The van der Waals surface area contributed by atoms with E-state index < -0.39 is 11.4 Å². The molecule has 5 aliphatic carbocycles. The quantitative estimate of drug-likeness (QED) is 0.251. The summed E-state index contributed by atoms with van der Waals surface area (Å²) in [5.74, 6) is 2.85. The van der Waals surface area contributed by atoms with Gasteiger partial charge in [-0.2, -0.15) is 4.57 Å². The molecule has 3 heterocycles. The number of benzene rings is 2. The number of rotatable bonds is 3. The number of hydrogen-bond donors (Lipinski definition) is 2. The van der Waals surface area contributed by atoms with E-state index >= 15 is 0 Å². The third kappa shape index (κ3) is 5.41. The van der Waals surface area contributed by atoms with Crippen molar-refractivity contribution in [1.29, 1.82) is 0 Å². The summed E-state index contributed by atoms with van der Waals surface area (Å²) in [6, 6.07) is 10.4. The number of aliphatic hydroxyl groups excluding tert-OH is 1. The number of carboxylic acid groups (broad SMARTS) is 1. The normalized spacial score (nSPS) is 38.0. The van der Waals surface area contributed by atoms with Crippen molar-refractivity contribution in [3.8, 4) is 34.3 Å². The van der Waals surface area contributed by atoms with E-state index in [0.717, 1.165) is 98.1 Å². The van der Waals surface area contributed by atoms with Gasteiger partial charge < -0.3 is 29.2 Å². The Balaban J connectivity index is 0.000000162. The van der Waals surface area contributed by atoms with Crippen LogP contribution in [0.3, 0.4) is 0 Å². The lowest BCUT2D eigenvalue weighted by molar-refractivity contribution is -0.686. The molecular formula is C51H66NO8+. The summed E-state index contributed by atoms with van der Waals surface area (Å²) in [5.41, 5.74) is 3.52. The zero-order valence-corrected chi connectivity index (χ0v) is 37.5. The number of carbonyl (C=O) groups excluding carboxylic acids is 1. The Kier molecular flexibility index (Phi) is 9.24. The topological polar surface area (TPSA) is 115 Å². The van der Waals surface area contributed by atoms with Gasteiger partial charge in [-0.3, -0.25) is 9.59 Å². The Bertz CT molecular complexity index is 2350. The van der Waals surface area contributed by atoms with Gasteiger partial charge in [-0.15, -0.1) is 0 Å². The average Bonchev–Trinajstić information content (AvgIpc) is 3.68. The van der Waals surface area contributed by atoms with Crippen LogP contribution >= 0.6 is 0 Å². The molecule has 4 fully saturated rings. The molecule has 9 heteroatoms. The fraction of sp³-hybridized carbons (Fsp3) is 0.627. The summed E-state index contributed by atoms with van der Waals surface area (Å²) in [6.07, 6.45) is 12.9. The number of ketones is 1. The minimum absolute atomic E-state index is 0.0620. The second-order valence-electron chi connectivity index (χ2n) is 21.8. The van der Waals surface area contributed by atoms with Crippen LogP contribution in [0.4, 0.5) is 0 Å². The first-order chi connectivity index (χ1) is 28.2. The molecule has 2 aliphatic heterocycles. The zero-order chi connectivity index (χ0) is 43.0. The summed E-state index contributed by atoms with van der Waals surface area (Å²) in [5, 5.41) is 23.3. The predicted octanol–water partition coefficient (Wildman–Crippen LogP) is 9.90. The number of fused-ring (bicyclic) bond motifs is 12. The van der Waals surface area contributed by atoms with Crippen molar-refractivity contribution >= 4 is 22.5 Å². The molecule has 10 rings (SSSR count). The molecule has 1 aromatic heterocycles. The molecule has 0 unspecified atom stereocenters. The molecule has 60 heavy (non-hydrogen) atoms. The molecule has 0 saturated heterocycles. The number of methoxy groups -OCH3 is 2. The molecule has 2 aromatic carbocycles. The summed E-state index contributed by atoms with van der Waals surface area (Å²) >= 11 is 0. The van der Waals surface area contributed by atoms with Gasteiger partial charge >= 0.3 is 5.97 Å². The van der Waals surface area contributed by atoms with Crippen molar-refractivity contribution < 1.29 is 43.3 Å². The number of nitrogens with zero attached hydrogens (tertiary/aromatic N) is 1. The van der Waals surface area contributed by atoms with Gasteiger partial charge in [0.25, 0.3) is 0 Å². The Morgan fingerprint density at radius 3 is 2.27 bits per heavy atom. The van der Waals surface area contributed by atoms with E-state index in [1.54, 1.807) is 14.2 Å². The minimum Gasteiger partial charge on any atom is -0.493 e. The molecule has 3 aromatic rings. The molecule has 0 bridgehead atoms. The highest BCUT2D eigenvalue weighted by Gasteiger charge is 2.73. The molecular weight excluding hydrogens is 755 g/mol. The van der Waals surface area contributed by atoms with Crippen molar-refractivity contribution in [2.45, 2.75) is 132 Å². The van der Waals surface area contributed by atoms with Gasteiger partial charge in [0.2, 0.25) is 12.5 Å². The molecule has 322 valence electrons. The highest BCUT2D eigenvalue weighted by Crippen LogP contribution is 2.78. The van der Waals surface area contributed by atoms with Crippen LogP contribution in [0.1, 0.15) is 119 Å². The van der Waals surface area contributed by atoms with Crippen molar-refractivity contribution in [2.24, 2.45) is 49.7 Å². The van der Waals surface area contributed by atoms with Crippen LogP contribution in [0.2, 0.25) is 0 Å². The molecule has 4 saturated carbocycles. The van der Waals surface area contributed by atoms with E-state index in [2.05, 4.69) is 83.5 Å². The maximum atomic E-state index is 14.3. The Morgan fingerprint density at radius 2 is 1.57 bits per heavy atom. The second-order valence-corrected chi connectivity index (χ2v) is 21.8. The number of pyridine rings is 1. The van der Waals surface area contributed by atoms with Crippen LogP contribution in [0, 0.1) is 49.7 Å². The van der Waals surface area contributed by atoms with Gasteiger partial charge in [-0.25, -0.2) is 0 Å². The van der Waals surface area contributed by atoms with E-state index in [1.807, 2.05) is 19.1 Å². The minimum atomic E-state index is -0.718. The molecule has 2 N–H and O–H groups in total. The lowest BCUT2D eigenvalue weighted by atomic mass is 9.30. The maximum absolute atomic E-state index is 14.3. The Labute approximate surface area is 355 Å². The van der Waals surface area contributed by atoms with E-state index in [9.17, 15) is 19.8 Å². The number of aliphatic carboxylic acids is 1. The number of carboxylic acids is 1. The Hall–Kier alpha value is -4.11. The average molecular weight is 821 g/mol. The fourth-order valence-corrected chi connectivity index (χ4v) is 14.3. The summed E-state index contributed by atoms with van der Waals surface area (Å²) in [7, 11) is 3.34. The summed E-state index contributed by atoms with van der Waals surface area (Å²) in [4.78, 5) is 26.6. The molecule has 9 atom stereocenters. The lowest BCUT2D eigenvalue weighted by Gasteiger charge is -2.73. The maximum Gasteiger partial charge on any atom is 0.309 e. The van der Waals surface area contributed by atoms with E-state index in [1.165, 1.54) is 22.4 Å². The Morgan fingerprint density at radius 1 is 0.850 bits per heavy atom. The van der Waals surface area contributed by atoms with Crippen LogP contribution < -0.4 is 23.5 Å². The first-order valence-electron chi connectivity index (χ1n) is 22.4. The fourth-order valence-electron chi connectivity index (χ4n) is 14.3. The number of hydrogen-bond acceptors (Lipinski definition) is 7.